The summed E-state index contributed by atoms with van der Waals surface area (Å²) in [6.07, 6.45) is 3.04. The molecule has 0 saturated carbocycles. The molecule has 5 heteroatoms. The zero-order chi connectivity index (χ0) is 12.1. The van der Waals surface area contributed by atoms with Gasteiger partial charge < -0.3 is 15.0 Å². The zero-order valence-corrected chi connectivity index (χ0v) is 9.43. The van der Waals surface area contributed by atoms with Gasteiger partial charge in [0.1, 0.15) is 5.75 Å². The number of hydrogen-bond acceptors (Lipinski definition) is 4. The van der Waals surface area contributed by atoms with Crippen LogP contribution in [0.25, 0.3) is 0 Å². The van der Waals surface area contributed by atoms with Crippen molar-refractivity contribution in [2.24, 2.45) is 0 Å². The molecule has 2 aromatic rings. The first-order valence-electron chi connectivity index (χ1n) is 5.20. The molecule has 0 spiro atoms. The van der Waals surface area contributed by atoms with Gasteiger partial charge in [0.15, 0.2) is 5.82 Å². The molecule has 0 aliphatic heterocycles. The van der Waals surface area contributed by atoms with Crippen LogP contribution in [0.5, 0.6) is 5.75 Å². The Morgan fingerprint density at radius 1 is 1.35 bits per heavy atom. The van der Waals surface area contributed by atoms with Gasteiger partial charge in [-0.3, -0.25) is 4.79 Å². The van der Waals surface area contributed by atoms with Crippen LogP contribution in [0.1, 0.15) is 5.56 Å². The minimum Gasteiger partial charge on any atom is -0.497 e. The lowest BCUT2D eigenvalue weighted by Crippen LogP contribution is -2.14. The van der Waals surface area contributed by atoms with Crippen LogP contribution < -0.4 is 15.6 Å². The van der Waals surface area contributed by atoms with Gasteiger partial charge in [-0.2, -0.15) is 0 Å². The third kappa shape index (κ3) is 2.84. The largest absolute Gasteiger partial charge is 0.497 e. The molecule has 0 aliphatic rings. The monoisotopic (exact) mass is 231 g/mol. The highest BCUT2D eigenvalue weighted by Gasteiger charge is 1.99. The number of ether oxygens (including phenoxy) is 1. The van der Waals surface area contributed by atoms with Gasteiger partial charge >= 0.3 is 0 Å². The van der Waals surface area contributed by atoms with Crippen LogP contribution in [0, 0.1) is 0 Å². The van der Waals surface area contributed by atoms with E-state index in [1.807, 2.05) is 24.3 Å². The molecule has 0 saturated heterocycles. The Kier molecular flexibility index (Phi) is 3.40. The minimum absolute atomic E-state index is 0.221. The molecule has 1 aromatic carbocycles. The van der Waals surface area contributed by atoms with E-state index in [9.17, 15) is 4.79 Å². The first-order valence-corrected chi connectivity index (χ1v) is 5.20. The van der Waals surface area contributed by atoms with Crippen LogP contribution in [-0.4, -0.2) is 17.1 Å². The van der Waals surface area contributed by atoms with Crippen LogP contribution >= 0.6 is 0 Å². The summed E-state index contributed by atoms with van der Waals surface area (Å²) < 4.78 is 5.06. The van der Waals surface area contributed by atoms with E-state index < -0.39 is 0 Å². The number of benzene rings is 1. The van der Waals surface area contributed by atoms with E-state index in [0.29, 0.717) is 12.4 Å². The normalized spacial score (nSPS) is 9.94. The lowest BCUT2D eigenvalue weighted by Gasteiger charge is -2.05. The van der Waals surface area contributed by atoms with Crippen molar-refractivity contribution in [1.82, 2.24) is 9.97 Å². The predicted octanol–water partition coefficient (Wildman–Crippen LogP) is 1.39. The first-order chi connectivity index (χ1) is 8.29. The number of H-pyrrole nitrogens is 1. The molecular formula is C12H13N3O2. The van der Waals surface area contributed by atoms with Crippen molar-refractivity contribution in [3.05, 3.63) is 52.6 Å². The molecule has 0 fully saturated rings. The van der Waals surface area contributed by atoms with Gasteiger partial charge in [0.2, 0.25) is 0 Å². The summed E-state index contributed by atoms with van der Waals surface area (Å²) in [6.45, 7) is 0.546. The van der Waals surface area contributed by atoms with Gasteiger partial charge in [-0.1, -0.05) is 12.1 Å². The average Bonchev–Trinajstić information content (AvgIpc) is 2.38. The van der Waals surface area contributed by atoms with Crippen LogP contribution in [0.15, 0.2) is 41.5 Å². The highest BCUT2D eigenvalue weighted by molar-refractivity contribution is 5.34. The van der Waals surface area contributed by atoms with Crippen LogP contribution in [0.4, 0.5) is 5.82 Å². The van der Waals surface area contributed by atoms with Crippen molar-refractivity contribution in [3.8, 4) is 5.75 Å². The Morgan fingerprint density at radius 3 is 2.76 bits per heavy atom. The molecule has 0 radical (unpaired) electrons. The molecule has 0 amide bonds. The zero-order valence-electron chi connectivity index (χ0n) is 9.43. The van der Waals surface area contributed by atoms with Crippen molar-refractivity contribution in [1.29, 1.82) is 0 Å². The lowest BCUT2D eigenvalue weighted by molar-refractivity contribution is 0.414. The third-order valence-corrected chi connectivity index (χ3v) is 2.33. The number of nitrogens with one attached hydrogen (secondary N) is 2. The van der Waals surface area contributed by atoms with E-state index in [1.54, 1.807) is 7.11 Å². The fourth-order valence-electron chi connectivity index (χ4n) is 1.41. The topological polar surface area (TPSA) is 67.0 Å². The van der Waals surface area contributed by atoms with Crippen molar-refractivity contribution in [2.45, 2.75) is 6.54 Å². The van der Waals surface area contributed by atoms with Crippen LogP contribution in [0.2, 0.25) is 0 Å². The molecule has 88 valence electrons. The SMILES string of the molecule is COc1ccc(CNc2ncc[nH]c2=O)cc1. The summed E-state index contributed by atoms with van der Waals surface area (Å²) in [5.41, 5.74) is 0.830. The fourth-order valence-corrected chi connectivity index (χ4v) is 1.41. The molecule has 1 aromatic heterocycles. The molecular weight excluding hydrogens is 218 g/mol. The molecule has 2 N–H and O–H groups in total. The number of rotatable bonds is 4. The van der Waals surface area contributed by atoms with Gasteiger partial charge in [0, 0.05) is 18.9 Å². The quantitative estimate of drug-likeness (QED) is 0.834. The third-order valence-electron chi connectivity index (χ3n) is 2.33. The van der Waals surface area contributed by atoms with E-state index in [0.717, 1.165) is 11.3 Å². The van der Waals surface area contributed by atoms with E-state index in [1.165, 1.54) is 12.4 Å². The second-order valence-corrected chi connectivity index (χ2v) is 3.47. The van der Waals surface area contributed by atoms with Crippen LogP contribution in [-0.2, 0) is 6.54 Å². The van der Waals surface area contributed by atoms with E-state index in [4.69, 9.17) is 4.74 Å². The molecule has 1 heterocycles. The second kappa shape index (κ2) is 5.16. The Bertz CT molecular complexity index is 534. The summed E-state index contributed by atoms with van der Waals surface area (Å²) >= 11 is 0. The number of nitrogens with zero attached hydrogens (tertiary/aromatic N) is 1. The number of hydrogen-bond donors (Lipinski definition) is 2. The fraction of sp³-hybridized carbons (Fsp3) is 0.167. The maximum atomic E-state index is 11.3. The van der Waals surface area contributed by atoms with Crippen molar-refractivity contribution >= 4 is 5.82 Å². The van der Waals surface area contributed by atoms with E-state index in [-0.39, 0.29) is 5.56 Å². The minimum atomic E-state index is -0.221. The Hall–Kier alpha value is -2.30. The van der Waals surface area contributed by atoms with Gasteiger partial charge in [-0.15, -0.1) is 0 Å². The molecule has 0 unspecified atom stereocenters. The van der Waals surface area contributed by atoms with E-state index >= 15 is 0 Å². The van der Waals surface area contributed by atoms with Gasteiger partial charge in [0.05, 0.1) is 7.11 Å². The molecule has 2 rings (SSSR count). The Balaban J connectivity index is 2.02. The van der Waals surface area contributed by atoms with Crippen molar-refractivity contribution in [3.63, 3.8) is 0 Å². The van der Waals surface area contributed by atoms with Crippen molar-refractivity contribution in [2.75, 3.05) is 12.4 Å². The average molecular weight is 231 g/mol. The summed E-state index contributed by atoms with van der Waals surface area (Å²) in [5, 5.41) is 2.97. The van der Waals surface area contributed by atoms with Crippen molar-refractivity contribution < 1.29 is 4.74 Å². The van der Waals surface area contributed by atoms with Crippen LogP contribution in [0.3, 0.4) is 0 Å². The summed E-state index contributed by atoms with van der Waals surface area (Å²) in [6, 6.07) is 7.62. The lowest BCUT2D eigenvalue weighted by atomic mass is 10.2. The summed E-state index contributed by atoms with van der Waals surface area (Å²) in [7, 11) is 1.63. The number of methoxy groups -OCH3 is 1. The highest BCUT2D eigenvalue weighted by Crippen LogP contribution is 2.11. The van der Waals surface area contributed by atoms with E-state index in [2.05, 4.69) is 15.3 Å². The number of anilines is 1. The highest BCUT2D eigenvalue weighted by atomic mass is 16.5. The number of aromatic amines is 1. The second-order valence-electron chi connectivity index (χ2n) is 3.47. The number of aromatic nitrogens is 2. The molecule has 0 bridgehead atoms. The standard InChI is InChI=1S/C12H13N3O2/c1-17-10-4-2-9(3-5-10)8-15-11-12(16)14-7-6-13-11/h2-7H,8H2,1H3,(H,13,15)(H,14,16). The molecule has 5 nitrogen and oxygen atoms in total. The maximum Gasteiger partial charge on any atom is 0.290 e. The summed E-state index contributed by atoms with van der Waals surface area (Å²) in [4.78, 5) is 17.8. The Morgan fingerprint density at radius 2 is 2.12 bits per heavy atom. The molecule has 17 heavy (non-hydrogen) atoms. The van der Waals surface area contributed by atoms with Gasteiger partial charge in [-0.05, 0) is 17.7 Å². The molecule has 0 aliphatic carbocycles. The Labute approximate surface area is 98.5 Å². The van der Waals surface area contributed by atoms with Gasteiger partial charge in [0.25, 0.3) is 5.56 Å². The summed E-state index contributed by atoms with van der Waals surface area (Å²) in [5.74, 6) is 1.13. The van der Waals surface area contributed by atoms with Gasteiger partial charge in [-0.25, -0.2) is 4.98 Å². The molecule has 0 atom stereocenters. The predicted molar refractivity (Wildman–Crippen MR) is 65.2 cm³/mol. The maximum absolute atomic E-state index is 11.3. The first kappa shape index (κ1) is 11.2. The smallest absolute Gasteiger partial charge is 0.290 e.